The number of fused-ring (bicyclic) bond motifs is 1. The van der Waals surface area contributed by atoms with Gasteiger partial charge in [-0.3, -0.25) is 4.98 Å². The molecule has 0 saturated carbocycles. The lowest BCUT2D eigenvalue weighted by atomic mass is 10.1. The summed E-state index contributed by atoms with van der Waals surface area (Å²) in [6.07, 6.45) is 4.56. The summed E-state index contributed by atoms with van der Waals surface area (Å²) in [4.78, 5) is 13.2. The highest BCUT2D eigenvalue weighted by Crippen LogP contribution is 2.33. The van der Waals surface area contributed by atoms with Gasteiger partial charge in [0.25, 0.3) is 0 Å². The minimum absolute atomic E-state index is 0.624. The molecule has 0 fully saturated rings. The predicted molar refractivity (Wildman–Crippen MR) is 74.1 cm³/mol. The van der Waals surface area contributed by atoms with E-state index in [-0.39, 0.29) is 0 Å². The fraction of sp³-hybridized carbons (Fsp3) is 0.308. The molecule has 3 heterocycles. The number of thioether (sulfide) groups is 1. The van der Waals surface area contributed by atoms with Gasteiger partial charge in [-0.2, -0.15) is 11.8 Å². The molecule has 0 saturated heterocycles. The number of nitrogens with two attached hydrogens (primary N) is 1. The van der Waals surface area contributed by atoms with Gasteiger partial charge < -0.3 is 5.73 Å². The molecule has 18 heavy (non-hydrogen) atoms. The summed E-state index contributed by atoms with van der Waals surface area (Å²) < 4.78 is 0. The number of hydrogen-bond acceptors (Lipinski definition) is 5. The van der Waals surface area contributed by atoms with Gasteiger partial charge in [0.1, 0.15) is 5.82 Å². The summed E-state index contributed by atoms with van der Waals surface area (Å²) >= 11 is 1.84. The van der Waals surface area contributed by atoms with Gasteiger partial charge in [-0.25, -0.2) is 9.97 Å². The molecule has 2 aromatic rings. The van der Waals surface area contributed by atoms with Gasteiger partial charge >= 0.3 is 0 Å². The van der Waals surface area contributed by atoms with Crippen molar-refractivity contribution in [2.24, 2.45) is 0 Å². The molecule has 2 N–H and O–H groups in total. The van der Waals surface area contributed by atoms with E-state index in [4.69, 9.17) is 5.73 Å². The molecule has 0 bridgehead atoms. The zero-order valence-electron chi connectivity index (χ0n) is 10.2. The summed E-state index contributed by atoms with van der Waals surface area (Å²) in [5, 5.41) is 0. The van der Waals surface area contributed by atoms with Gasteiger partial charge in [0.05, 0.1) is 5.69 Å². The van der Waals surface area contributed by atoms with Crippen molar-refractivity contribution in [3.8, 4) is 11.4 Å². The predicted octanol–water partition coefficient (Wildman–Crippen LogP) is 2.43. The van der Waals surface area contributed by atoms with Crippen LogP contribution in [0.5, 0.6) is 0 Å². The first-order chi connectivity index (χ1) is 8.79. The van der Waals surface area contributed by atoms with Gasteiger partial charge in [0.15, 0.2) is 5.82 Å². The molecular formula is C13H14N4S. The fourth-order valence-electron chi connectivity index (χ4n) is 2.12. The Kier molecular flexibility index (Phi) is 2.91. The lowest BCUT2D eigenvalue weighted by Crippen LogP contribution is -2.04. The lowest BCUT2D eigenvalue weighted by molar-refractivity contribution is 1.05. The molecule has 1 aliphatic rings. The number of hydrogen-bond donors (Lipinski definition) is 1. The SMILES string of the molecule is CCc1cnccc1-c1nc(N)c2c(n1)CSC2. The van der Waals surface area contributed by atoms with E-state index in [0.717, 1.165) is 46.1 Å². The molecule has 92 valence electrons. The van der Waals surface area contributed by atoms with Crippen molar-refractivity contribution in [3.05, 3.63) is 35.3 Å². The van der Waals surface area contributed by atoms with Crippen LogP contribution in [0.2, 0.25) is 0 Å². The molecule has 0 aromatic carbocycles. The Morgan fingerprint density at radius 1 is 1.33 bits per heavy atom. The van der Waals surface area contributed by atoms with Crippen LogP contribution in [-0.4, -0.2) is 15.0 Å². The van der Waals surface area contributed by atoms with Crippen LogP contribution in [0, 0.1) is 0 Å². The maximum atomic E-state index is 6.02. The number of pyridine rings is 1. The van der Waals surface area contributed by atoms with Crippen molar-refractivity contribution in [1.82, 2.24) is 15.0 Å². The van der Waals surface area contributed by atoms with Crippen LogP contribution in [0.3, 0.4) is 0 Å². The van der Waals surface area contributed by atoms with E-state index in [1.165, 1.54) is 0 Å². The topological polar surface area (TPSA) is 64.7 Å². The fourth-order valence-corrected chi connectivity index (χ4v) is 3.18. The third-order valence-electron chi connectivity index (χ3n) is 3.14. The van der Waals surface area contributed by atoms with Crippen LogP contribution >= 0.6 is 11.8 Å². The van der Waals surface area contributed by atoms with Gasteiger partial charge in [-0.15, -0.1) is 0 Å². The molecule has 0 unspecified atom stereocenters. The number of nitrogens with zero attached hydrogens (tertiary/aromatic N) is 3. The third kappa shape index (κ3) is 1.84. The summed E-state index contributed by atoms with van der Waals surface area (Å²) in [5.74, 6) is 3.21. The molecule has 1 aliphatic heterocycles. The maximum absolute atomic E-state index is 6.02. The highest BCUT2D eigenvalue weighted by atomic mass is 32.2. The molecule has 3 rings (SSSR count). The first-order valence-electron chi connectivity index (χ1n) is 5.96. The number of aromatic nitrogens is 3. The monoisotopic (exact) mass is 258 g/mol. The van der Waals surface area contributed by atoms with Crippen molar-refractivity contribution in [2.75, 3.05) is 5.73 Å². The van der Waals surface area contributed by atoms with Crippen molar-refractivity contribution in [1.29, 1.82) is 0 Å². The lowest BCUT2D eigenvalue weighted by Gasteiger charge is -2.09. The summed E-state index contributed by atoms with van der Waals surface area (Å²) in [6.45, 7) is 2.10. The van der Waals surface area contributed by atoms with Crippen LogP contribution in [0.1, 0.15) is 23.7 Å². The highest BCUT2D eigenvalue weighted by Gasteiger charge is 2.19. The van der Waals surface area contributed by atoms with Gasteiger partial charge in [-0.1, -0.05) is 6.92 Å². The van der Waals surface area contributed by atoms with Crippen molar-refractivity contribution in [3.63, 3.8) is 0 Å². The number of anilines is 1. The van der Waals surface area contributed by atoms with E-state index in [2.05, 4.69) is 21.9 Å². The normalized spacial score (nSPS) is 13.6. The summed E-state index contributed by atoms with van der Waals surface area (Å²) in [5.41, 5.74) is 10.4. The van der Waals surface area contributed by atoms with E-state index in [9.17, 15) is 0 Å². The zero-order valence-corrected chi connectivity index (χ0v) is 11.0. The number of nitrogen functional groups attached to an aromatic ring is 1. The van der Waals surface area contributed by atoms with E-state index in [1.54, 1.807) is 6.20 Å². The van der Waals surface area contributed by atoms with Crippen molar-refractivity contribution in [2.45, 2.75) is 24.9 Å². The molecule has 0 amide bonds. The molecule has 2 aromatic heterocycles. The molecule has 4 nitrogen and oxygen atoms in total. The standard InChI is InChI=1S/C13H14N4S/c1-2-8-5-15-4-3-9(8)13-16-11-7-18-6-10(11)12(14)17-13/h3-5H,2,6-7H2,1H3,(H2,14,16,17). The Morgan fingerprint density at radius 2 is 2.22 bits per heavy atom. The number of rotatable bonds is 2. The Labute approximate surface area is 110 Å². The molecule has 0 radical (unpaired) electrons. The Balaban J connectivity index is 2.15. The average Bonchev–Trinajstić information content (AvgIpc) is 2.87. The van der Waals surface area contributed by atoms with Crippen LogP contribution in [0.25, 0.3) is 11.4 Å². The Morgan fingerprint density at radius 3 is 3.06 bits per heavy atom. The van der Waals surface area contributed by atoms with Crippen molar-refractivity contribution < 1.29 is 0 Å². The smallest absolute Gasteiger partial charge is 0.162 e. The van der Waals surface area contributed by atoms with E-state index in [1.807, 2.05) is 24.0 Å². The average molecular weight is 258 g/mol. The van der Waals surface area contributed by atoms with E-state index in [0.29, 0.717) is 5.82 Å². The first kappa shape index (κ1) is 11.5. The summed E-state index contributed by atoms with van der Waals surface area (Å²) in [7, 11) is 0. The van der Waals surface area contributed by atoms with Crippen LogP contribution in [0.4, 0.5) is 5.82 Å². The number of aryl methyl sites for hydroxylation is 1. The molecule has 0 aliphatic carbocycles. The minimum atomic E-state index is 0.624. The van der Waals surface area contributed by atoms with Crippen molar-refractivity contribution >= 4 is 17.6 Å². The van der Waals surface area contributed by atoms with Gasteiger partial charge in [-0.05, 0) is 18.1 Å². The van der Waals surface area contributed by atoms with E-state index >= 15 is 0 Å². The minimum Gasteiger partial charge on any atom is -0.383 e. The molecule has 5 heteroatoms. The largest absolute Gasteiger partial charge is 0.383 e. The second-order valence-corrected chi connectivity index (χ2v) is 5.22. The quantitative estimate of drug-likeness (QED) is 0.896. The van der Waals surface area contributed by atoms with Gasteiger partial charge in [0, 0.05) is 35.0 Å². The van der Waals surface area contributed by atoms with Crippen LogP contribution in [0.15, 0.2) is 18.5 Å². The van der Waals surface area contributed by atoms with Gasteiger partial charge in [0.2, 0.25) is 0 Å². The molecular weight excluding hydrogens is 244 g/mol. The molecule has 0 atom stereocenters. The third-order valence-corrected chi connectivity index (χ3v) is 4.11. The molecule has 0 spiro atoms. The first-order valence-corrected chi connectivity index (χ1v) is 7.11. The van der Waals surface area contributed by atoms with E-state index < -0.39 is 0 Å². The Hall–Kier alpha value is -1.62. The highest BCUT2D eigenvalue weighted by molar-refractivity contribution is 7.98. The summed E-state index contributed by atoms with van der Waals surface area (Å²) in [6, 6.07) is 1.96. The van der Waals surface area contributed by atoms with Crippen LogP contribution in [-0.2, 0) is 17.9 Å². The second-order valence-electron chi connectivity index (χ2n) is 4.24. The Bertz CT molecular complexity index is 598. The van der Waals surface area contributed by atoms with Crippen LogP contribution < -0.4 is 5.73 Å². The zero-order chi connectivity index (χ0) is 12.5. The second kappa shape index (κ2) is 4.57. The maximum Gasteiger partial charge on any atom is 0.162 e.